The van der Waals surface area contributed by atoms with Crippen LogP contribution in [-0.4, -0.2) is 65.4 Å². The summed E-state index contributed by atoms with van der Waals surface area (Å²) in [6, 6.07) is 0. The van der Waals surface area contributed by atoms with Crippen LogP contribution in [0.2, 0.25) is 0 Å². The Kier molecular flexibility index (Phi) is 7.37. The second-order valence-electron chi connectivity index (χ2n) is 5.16. The van der Waals surface area contributed by atoms with Crippen LogP contribution in [0, 0.1) is 6.92 Å². The van der Waals surface area contributed by atoms with E-state index in [1.165, 1.54) is 7.11 Å². The van der Waals surface area contributed by atoms with Gasteiger partial charge in [-0.25, -0.2) is 9.59 Å². The first-order valence-corrected chi connectivity index (χ1v) is 8.78. The molecular formula is C15H19N5O6S. The predicted octanol–water partition coefficient (Wildman–Crippen LogP) is 0.731. The number of carbonyl (C=O) groups excluding carboxylic acids is 3. The molecule has 11 nitrogen and oxygen atoms in total. The summed E-state index contributed by atoms with van der Waals surface area (Å²) in [5.41, 5.74) is 0.484. The topological polar surface area (TPSA) is 145 Å². The van der Waals surface area contributed by atoms with Gasteiger partial charge in [-0.2, -0.15) is 5.21 Å². The van der Waals surface area contributed by atoms with E-state index < -0.39 is 17.8 Å². The van der Waals surface area contributed by atoms with Crippen molar-refractivity contribution in [2.75, 3.05) is 32.2 Å². The number of hydrogen-bond donors (Lipinski definition) is 2. The fourth-order valence-corrected chi connectivity index (χ4v) is 3.21. The highest BCUT2D eigenvalue weighted by Gasteiger charge is 2.27. The van der Waals surface area contributed by atoms with Gasteiger partial charge in [-0.1, -0.05) is 5.21 Å². The van der Waals surface area contributed by atoms with Crippen molar-refractivity contribution in [1.82, 2.24) is 20.6 Å². The van der Waals surface area contributed by atoms with Crippen molar-refractivity contribution in [1.29, 1.82) is 0 Å². The van der Waals surface area contributed by atoms with Crippen LogP contribution >= 0.6 is 11.3 Å². The molecule has 2 aromatic heterocycles. The van der Waals surface area contributed by atoms with E-state index in [0.29, 0.717) is 5.56 Å². The zero-order valence-corrected chi connectivity index (χ0v) is 15.8. The fourth-order valence-electron chi connectivity index (χ4n) is 2.10. The van der Waals surface area contributed by atoms with Crippen LogP contribution in [-0.2, 0) is 25.4 Å². The van der Waals surface area contributed by atoms with Crippen molar-refractivity contribution >= 4 is 34.2 Å². The zero-order valence-electron chi connectivity index (χ0n) is 15.0. The summed E-state index contributed by atoms with van der Waals surface area (Å²) in [5, 5.41) is 15.8. The van der Waals surface area contributed by atoms with Crippen LogP contribution in [0.1, 0.15) is 38.3 Å². The van der Waals surface area contributed by atoms with Gasteiger partial charge >= 0.3 is 11.9 Å². The van der Waals surface area contributed by atoms with Crippen molar-refractivity contribution in [3.8, 4) is 0 Å². The monoisotopic (exact) mass is 397 g/mol. The minimum Gasteiger partial charge on any atom is -0.462 e. The summed E-state index contributed by atoms with van der Waals surface area (Å²) >= 11 is 0.935. The average Bonchev–Trinajstić information content (AvgIpc) is 3.23. The van der Waals surface area contributed by atoms with E-state index >= 15 is 0 Å². The van der Waals surface area contributed by atoms with Gasteiger partial charge in [0.15, 0.2) is 5.82 Å². The molecule has 0 bridgehead atoms. The van der Waals surface area contributed by atoms with Crippen molar-refractivity contribution in [3.63, 3.8) is 0 Å². The molecule has 0 aliphatic carbocycles. The summed E-state index contributed by atoms with van der Waals surface area (Å²) in [4.78, 5) is 37.0. The first kappa shape index (κ1) is 20.5. The first-order chi connectivity index (χ1) is 13.0. The molecule has 2 aromatic rings. The molecule has 1 amide bonds. The molecule has 2 rings (SSSR count). The summed E-state index contributed by atoms with van der Waals surface area (Å²) in [5.74, 6) is -1.53. The van der Waals surface area contributed by atoms with Gasteiger partial charge in [-0.3, -0.25) is 4.79 Å². The molecular weight excluding hydrogens is 378 g/mol. The molecule has 0 aliphatic heterocycles. The van der Waals surface area contributed by atoms with Crippen molar-refractivity contribution in [3.05, 3.63) is 21.8 Å². The molecule has 0 aliphatic rings. The number of hydrogen-bond acceptors (Lipinski definition) is 10. The number of H-pyrrole nitrogens is 1. The van der Waals surface area contributed by atoms with E-state index in [9.17, 15) is 14.4 Å². The molecule has 0 spiro atoms. The second-order valence-corrected chi connectivity index (χ2v) is 6.18. The van der Waals surface area contributed by atoms with Gasteiger partial charge < -0.3 is 19.5 Å². The van der Waals surface area contributed by atoms with E-state index in [1.54, 1.807) is 13.8 Å². The molecule has 2 heterocycles. The number of nitrogens with zero attached hydrogens (tertiary/aromatic N) is 3. The van der Waals surface area contributed by atoms with E-state index in [4.69, 9.17) is 14.2 Å². The third kappa shape index (κ3) is 5.31. The fraction of sp³-hybridized carbons (Fsp3) is 0.467. The lowest BCUT2D eigenvalue weighted by atomic mass is 10.1. The van der Waals surface area contributed by atoms with Crippen LogP contribution in [0.25, 0.3) is 0 Å². The van der Waals surface area contributed by atoms with Crippen LogP contribution in [0.3, 0.4) is 0 Å². The number of esters is 2. The lowest BCUT2D eigenvalue weighted by Gasteiger charge is -2.06. The number of anilines is 1. The Bertz CT molecular complexity index is 804. The van der Waals surface area contributed by atoms with E-state index in [2.05, 4.69) is 25.9 Å². The van der Waals surface area contributed by atoms with Crippen molar-refractivity contribution < 1.29 is 28.6 Å². The van der Waals surface area contributed by atoms with Crippen molar-refractivity contribution in [2.45, 2.75) is 20.3 Å². The van der Waals surface area contributed by atoms with E-state index in [1.807, 2.05) is 0 Å². The smallest absolute Gasteiger partial charge is 0.348 e. The standard InChI is InChI=1S/C15H19N5O6S/c1-4-25-14(22)11-8(2)12(15(23)26-6-5-24-3)27-13(11)16-10(21)7-9-17-19-20-18-9/h4-7H2,1-3H3,(H,16,21)(H,17,18,19,20). The summed E-state index contributed by atoms with van der Waals surface area (Å²) in [7, 11) is 1.49. The Hall–Kier alpha value is -2.86. The van der Waals surface area contributed by atoms with E-state index in [0.717, 1.165) is 11.3 Å². The maximum Gasteiger partial charge on any atom is 0.348 e. The summed E-state index contributed by atoms with van der Waals surface area (Å²) in [6.45, 7) is 3.71. The Morgan fingerprint density at radius 3 is 2.59 bits per heavy atom. The van der Waals surface area contributed by atoms with Gasteiger partial charge in [-0.05, 0) is 19.4 Å². The van der Waals surface area contributed by atoms with Crippen LogP contribution in [0.15, 0.2) is 0 Å². The number of methoxy groups -OCH3 is 1. The first-order valence-electron chi connectivity index (χ1n) is 7.96. The minimum atomic E-state index is -0.642. The van der Waals surface area contributed by atoms with Crippen molar-refractivity contribution in [2.24, 2.45) is 0 Å². The quantitative estimate of drug-likeness (QED) is 0.462. The average molecular weight is 397 g/mol. The highest BCUT2D eigenvalue weighted by Crippen LogP contribution is 2.34. The number of ether oxygens (including phenoxy) is 3. The lowest BCUT2D eigenvalue weighted by molar-refractivity contribution is -0.115. The Morgan fingerprint density at radius 2 is 1.96 bits per heavy atom. The Morgan fingerprint density at radius 1 is 1.19 bits per heavy atom. The summed E-state index contributed by atoms with van der Waals surface area (Å²) < 4.78 is 15.0. The molecule has 27 heavy (non-hydrogen) atoms. The molecule has 0 atom stereocenters. The number of aromatic nitrogens is 4. The molecule has 0 radical (unpaired) electrons. The largest absolute Gasteiger partial charge is 0.462 e. The molecule has 0 aromatic carbocycles. The van der Waals surface area contributed by atoms with Gasteiger partial charge in [0.05, 0.1) is 25.2 Å². The number of tetrazole rings is 1. The molecule has 12 heteroatoms. The van der Waals surface area contributed by atoms with Gasteiger partial charge in [-0.15, -0.1) is 21.5 Å². The number of rotatable bonds is 9. The SMILES string of the molecule is CCOC(=O)c1c(NC(=O)Cc2nn[nH]n2)sc(C(=O)OCCOC)c1C. The van der Waals surface area contributed by atoms with Crippen LogP contribution < -0.4 is 5.32 Å². The molecule has 0 unspecified atom stereocenters. The second kappa shape index (κ2) is 9.73. The van der Waals surface area contributed by atoms with Crippen LogP contribution in [0.4, 0.5) is 5.00 Å². The maximum absolute atomic E-state index is 12.3. The van der Waals surface area contributed by atoms with Crippen LogP contribution in [0.5, 0.6) is 0 Å². The number of aromatic amines is 1. The lowest BCUT2D eigenvalue weighted by Crippen LogP contribution is -2.17. The highest BCUT2D eigenvalue weighted by atomic mass is 32.1. The van der Waals surface area contributed by atoms with Gasteiger partial charge in [0.2, 0.25) is 5.91 Å². The third-order valence-electron chi connectivity index (χ3n) is 3.29. The van der Waals surface area contributed by atoms with E-state index in [-0.39, 0.29) is 47.5 Å². The van der Waals surface area contributed by atoms with Gasteiger partial charge in [0.25, 0.3) is 0 Å². The Labute approximate surface area is 158 Å². The third-order valence-corrected chi connectivity index (χ3v) is 4.48. The maximum atomic E-state index is 12.3. The number of carbonyl (C=O) groups is 3. The Balaban J connectivity index is 2.24. The van der Waals surface area contributed by atoms with Gasteiger partial charge in [0, 0.05) is 7.11 Å². The molecule has 0 fully saturated rings. The number of nitrogens with one attached hydrogen (secondary N) is 2. The zero-order chi connectivity index (χ0) is 19.8. The summed E-state index contributed by atoms with van der Waals surface area (Å²) in [6.07, 6.45) is -0.149. The molecule has 2 N–H and O–H groups in total. The highest BCUT2D eigenvalue weighted by molar-refractivity contribution is 7.18. The predicted molar refractivity (Wildman–Crippen MR) is 93.7 cm³/mol. The minimum absolute atomic E-state index is 0.0704. The molecule has 146 valence electrons. The number of thiophene rings is 1. The number of amides is 1. The molecule has 0 saturated heterocycles. The molecule has 0 saturated carbocycles. The van der Waals surface area contributed by atoms with Gasteiger partial charge in [0.1, 0.15) is 16.5 Å². The normalized spacial score (nSPS) is 10.5.